The first-order valence-corrected chi connectivity index (χ1v) is 8.67. The van der Waals surface area contributed by atoms with E-state index in [0.717, 1.165) is 0 Å². The molecule has 2 aromatic carbocycles. The molecule has 0 aromatic heterocycles. The number of hydrogen-bond acceptors (Lipinski definition) is 3. The summed E-state index contributed by atoms with van der Waals surface area (Å²) in [4.78, 5) is 11.7. The summed E-state index contributed by atoms with van der Waals surface area (Å²) in [5.41, 5.74) is 0.453. The zero-order valence-electron chi connectivity index (χ0n) is 12.1. The summed E-state index contributed by atoms with van der Waals surface area (Å²) in [7, 11) is -3.52. The predicted molar refractivity (Wildman–Crippen MR) is 83.5 cm³/mol. The van der Waals surface area contributed by atoms with Gasteiger partial charge in [0, 0.05) is 6.42 Å². The van der Waals surface area contributed by atoms with Gasteiger partial charge >= 0.3 is 0 Å². The SMILES string of the molecule is O=C(CCS(=O)(=O)Cc1ccc(F)cc1)Nc1ccccc1F. The number of hydrogen-bond donors (Lipinski definition) is 1. The van der Waals surface area contributed by atoms with Crippen molar-refractivity contribution in [2.45, 2.75) is 12.2 Å². The molecule has 23 heavy (non-hydrogen) atoms. The first kappa shape index (κ1) is 17.1. The van der Waals surface area contributed by atoms with Crippen molar-refractivity contribution in [2.24, 2.45) is 0 Å². The molecule has 1 amide bonds. The second kappa shape index (κ2) is 7.32. The number of anilines is 1. The van der Waals surface area contributed by atoms with Crippen molar-refractivity contribution >= 4 is 21.4 Å². The molecule has 0 unspecified atom stereocenters. The van der Waals surface area contributed by atoms with Gasteiger partial charge in [0.1, 0.15) is 11.6 Å². The number of carbonyl (C=O) groups is 1. The molecule has 0 radical (unpaired) electrons. The van der Waals surface area contributed by atoms with E-state index >= 15 is 0 Å². The molecule has 2 aromatic rings. The summed E-state index contributed by atoms with van der Waals surface area (Å²) in [5, 5.41) is 2.33. The van der Waals surface area contributed by atoms with E-state index in [1.54, 1.807) is 6.07 Å². The molecule has 0 fully saturated rings. The van der Waals surface area contributed by atoms with Gasteiger partial charge in [0.05, 0.1) is 17.2 Å². The molecule has 0 aliphatic carbocycles. The van der Waals surface area contributed by atoms with Crippen LogP contribution in [0.3, 0.4) is 0 Å². The van der Waals surface area contributed by atoms with Crippen LogP contribution in [-0.2, 0) is 20.4 Å². The Bertz CT molecular complexity index is 789. The van der Waals surface area contributed by atoms with E-state index in [4.69, 9.17) is 0 Å². The highest BCUT2D eigenvalue weighted by Gasteiger charge is 2.15. The van der Waals surface area contributed by atoms with Crippen LogP contribution in [0.15, 0.2) is 48.5 Å². The number of para-hydroxylation sites is 1. The van der Waals surface area contributed by atoms with E-state index in [0.29, 0.717) is 5.56 Å². The van der Waals surface area contributed by atoms with Crippen LogP contribution in [0.5, 0.6) is 0 Å². The van der Waals surface area contributed by atoms with Gasteiger partial charge in [-0.15, -0.1) is 0 Å². The average molecular weight is 339 g/mol. The van der Waals surface area contributed by atoms with E-state index in [9.17, 15) is 22.0 Å². The maximum atomic E-state index is 13.4. The van der Waals surface area contributed by atoms with Gasteiger partial charge in [-0.3, -0.25) is 4.79 Å². The molecule has 2 rings (SSSR count). The summed E-state index contributed by atoms with van der Waals surface area (Å²) >= 11 is 0. The van der Waals surface area contributed by atoms with Gasteiger partial charge in [-0.25, -0.2) is 17.2 Å². The monoisotopic (exact) mass is 339 g/mol. The fourth-order valence-corrected chi connectivity index (χ4v) is 3.27. The van der Waals surface area contributed by atoms with Crippen molar-refractivity contribution in [3.63, 3.8) is 0 Å². The van der Waals surface area contributed by atoms with Crippen molar-refractivity contribution in [3.8, 4) is 0 Å². The summed E-state index contributed by atoms with van der Waals surface area (Å²) in [6.07, 6.45) is -0.280. The highest BCUT2D eigenvalue weighted by molar-refractivity contribution is 7.90. The maximum Gasteiger partial charge on any atom is 0.225 e. The lowest BCUT2D eigenvalue weighted by atomic mass is 10.2. The lowest BCUT2D eigenvalue weighted by Crippen LogP contribution is -2.18. The van der Waals surface area contributed by atoms with Crippen LogP contribution in [0.1, 0.15) is 12.0 Å². The van der Waals surface area contributed by atoms with Gasteiger partial charge in [-0.05, 0) is 29.8 Å². The number of carbonyl (C=O) groups excluding carboxylic acids is 1. The van der Waals surface area contributed by atoms with Crippen molar-refractivity contribution in [3.05, 3.63) is 65.7 Å². The number of halogens is 2. The fraction of sp³-hybridized carbons (Fsp3) is 0.188. The number of sulfone groups is 1. The molecule has 1 N–H and O–H groups in total. The summed E-state index contributed by atoms with van der Waals surface area (Å²) in [5.74, 6) is -2.27. The Balaban J connectivity index is 1.90. The zero-order valence-corrected chi connectivity index (χ0v) is 12.9. The molecule has 0 atom stereocenters. The Morgan fingerprint density at radius 2 is 1.65 bits per heavy atom. The van der Waals surface area contributed by atoms with Crippen LogP contribution in [-0.4, -0.2) is 20.1 Å². The molecule has 0 heterocycles. The highest BCUT2D eigenvalue weighted by Crippen LogP contribution is 2.13. The van der Waals surface area contributed by atoms with Crippen LogP contribution < -0.4 is 5.32 Å². The van der Waals surface area contributed by atoms with Gasteiger partial charge in [0.25, 0.3) is 0 Å². The lowest BCUT2D eigenvalue weighted by Gasteiger charge is -2.07. The van der Waals surface area contributed by atoms with Crippen LogP contribution in [0.2, 0.25) is 0 Å². The molecule has 0 aliphatic rings. The number of nitrogens with one attached hydrogen (secondary N) is 1. The van der Waals surface area contributed by atoms with Gasteiger partial charge < -0.3 is 5.32 Å². The van der Waals surface area contributed by atoms with Gasteiger partial charge in [-0.1, -0.05) is 24.3 Å². The van der Waals surface area contributed by atoms with Crippen molar-refractivity contribution < 1.29 is 22.0 Å². The normalized spacial score (nSPS) is 11.2. The van der Waals surface area contributed by atoms with Crippen molar-refractivity contribution in [1.82, 2.24) is 0 Å². The van der Waals surface area contributed by atoms with E-state index in [1.165, 1.54) is 42.5 Å². The lowest BCUT2D eigenvalue weighted by molar-refractivity contribution is -0.115. The largest absolute Gasteiger partial charge is 0.324 e. The third-order valence-corrected chi connectivity index (χ3v) is 4.69. The molecule has 0 saturated heterocycles. The highest BCUT2D eigenvalue weighted by atomic mass is 32.2. The quantitative estimate of drug-likeness (QED) is 0.880. The average Bonchev–Trinajstić information content (AvgIpc) is 2.50. The summed E-state index contributed by atoms with van der Waals surface area (Å²) in [6.45, 7) is 0. The van der Waals surface area contributed by atoms with Crippen LogP contribution in [0.25, 0.3) is 0 Å². The molecule has 122 valence electrons. The molecule has 0 spiro atoms. The first-order chi connectivity index (χ1) is 10.9. The standard InChI is InChI=1S/C16H15F2NO3S/c17-13-7-5-12(6-8-13)11-23(21,22)10-9-16(20)19-15-4-2-1-3-14(15)18/h1-8H,9-11H2,(H,19,20). The number of amides is 1. The second-order valence-electron chi connectivity index (χ2n) is 5.00. The van der Waals surface area contributed by atoms with Gasteiger partial charge in [0.15, 0.2) is 9.84 Å². The minimum absolute atomic E-state index is 0.00781. The summed E-state index contributed by atoms with van der Waals surface area (Å²) < 4.78 is 50.1. The molecular formula is C16H15F2NO3S. The smallest absolute Gasteiger partial charge is 0.225 e. The topological polar surface area (TPSA) is 63.2 Å². The Morgan fingerprint density at radius 3 is 2.30 bits per heavy atom. The van der Waals surface area contributed by atoms with Gasteiger partial charge in [0.2, 0.25) is 5.91 Å². The third-order valence-electron chi connectivity index (χ3n) is 3.09. The minimum atomic E-state index is -3.52. The maximum absolute atomic E-state index is 13.4. The minimum Gasteiger partial charge on any atom is -0.324 e. The first-order valence-electron chi connectivity index (χ1n) is 6.85. The third kappa shape index (κ3) is 5.45. The second-order valence-corrected chi connectivity index (χ2v) is 7.18. The summed E-state index contributed by atoms with van der Waals surface area (Å²) in [6, 6.07) is 10.7. The molecule has 4 nitrogen and oxygen atoms in total. The number of rotatable bonds is 6. The van der Waals surface area contributed by atoms with Crippen molar-refractivity contribution in [2.75, 3.05) is 11.1 Å². The predicted octanol–water partition coefficient (Wildman–Crippen LogP) is 2.91. The molecule has 0 saturated carbocycles. The van der Waals surface area contributed by atoms with E-state index < -0.39 is 27.4 Å². The van der Waals surface area contributed by atoms with Crippen molar-refractivity contribution in [1.29, 1.82) is 0 Å². The van der Waals surface area contributed by atoms with E-state index in [1.807, 2.05) is 0 Å². The fourth-order valence-electron chi connectivity index (χ4n) is 1.93. The molecule has 0 bridgehead atoms. The Morgan fingerprint density at radius 1 is 1.00 bits per heavy atom. The van der Waals surface area contributed by atoms with Gasteiger partial charge in [-0.2, -0.15) is 0 Å². The Hall–Kier alpha value is -2.28. The van der Waals surface area contributed by atoms with E-state index in [2.05, 4.69) is 5.32 Å². The molecular weight excluding hydrogens is 324 g/mol. The zero-order chi connectivity index (χ0) is 16.9. The number of benzene rings is 2. The van der Waals surface area contributed by atoms with E-state index in [-0.39, 0.29) is 23.6 Å². The van der Waals surface area contributed by atoms with Crippen LogP contribution in [0.4, 0.5) is 14.5 Å². The Kier molecular flexibility index (Phi) is 5.44. The molecule has 0 aliphatic heterocycles. The molecule has 7 heteroatoms. The van der Waals surface area contributed by atoms with Crippen LogP contribution >= 0.6 is 0 Å². The van der Waals surface area contributed by atoms with Crippen LogP contribution in [0, 0.1) is 11.6 Å². The Labute approximate surface area is 133 Å².